The summed E-state index contributed by atoms with van der Waals surface area (Å²) in [5.41, 5.74) is 1.92. The highest BCUT2D eigenvalue weighted by molar-refractivity contribution is 7.89. The zero-order chi connectivity index (χ0) is 20.2. The van der Waals surface area contributed by atoms with E-state index in [1.165, 1.54) is 30.3 Å². The lowest BCUT2D eigenvalue weighted by Crippen LogP contribution is -2.31. The molecule has 6 nitrogen and oxygen atoms in total. The number of hydrogen-bond acceptors (Lipinski definition) is 5. The molecule has 2 aromatic rings. The third-order valence-electron chi connectivity index (χ3n) is 3.79. The van der Waals surface area contributed by atoms with E-state index in [4.69, 9.17) is 27.9 Å². The molecule has 1 N–H and O–H groups in total. The number of nitrogens with one attached hydrogen (secondary N) is 1. The van der Waals surface area contributed by atoms with E-state index in [9.17, 15) is 18.0 Å². The number of sulfonamides is 1. The molecule has 0 unspecified atom stereocenters. The maximum absolute atomic E-state index is 12.2. The van der Waals surface area contributed by atoms with Crippen molar-refractivity contribution in [3.05, 3.63) is 63.1 Å². The Morgan fingerprint density at radius 1 is 1.04 bits per heavy atom. The van der Waals surface area contributed by atoms with E-state index in [1.54, 1.807) is 13.0 Å². The van der Waals surface area contributed by atoms with E-state index in [0.717, 1.165) is 11.1 Å². The SMILES string of the molecule is Cc1ccc(S(=O)(=O)NCC(=O)OCC(=O)c2ccc(Cl)cc2Cl)cc1C. The van der Waals surface area contributed by atoms with Gasteiger partial charge in [-0.2, -0.15) is 4.72 Å². The smallest absolute Gasteiger partial charge is 0.321 e. The van der Waals surface area contributed by atoms with Gasteiger partial charge in [0, 0.05) is 10.6 Å². The molecule has 9 heteroatoms. The third kappa shape index (κ3) is 5.77. The van der Waals surface area contributed by atoms with Gasteiger partial charge in [-0.15, -0.1) is 0 Å². The summed E-state index contributed by atoms with van der Waals surface area (Å²) in [5.74, 6) is -1.41. The quantitative estimate of drug-likeness (QED) is 0.538. The van der Waals surface area contributed by atoms with E-state index in [-0.39, 0.29) is 15.5 Å². The fourth-order valence-electron chi connectivity index (χ4n) is 2.11. The lowest BCUT2D eigenvalue weighted by molar-refractivity contribution is -0.141. The maximum atomic E-state index is 12.2. The molecule has 0 aromatic heterocycles. The van der Waals surface area contributed by atoms with Gasteiger partial charge in [0.1, 0.15) is 6.54 Å². The predicted molar refractivity (Wildman–Crippen MR) is 103 cm³/mol. The van der Waals surface area contributed by atoms with Gasteiger partial charge in [-0.1, -0.05) is 29.3 Å². The monoisotopic (exact) mass is 429 g/mol. The van der Waals surface area contributed by atoms with E-state index in [2.05, 4.69) is 4.72 Å². The number of rotatable bonds is 7. The van der Waals surface area contributed by atoms with Crippen LogP contribution in [0.5, 0.6) is 0 Å². The second-order valence-electron chi connectivity index (χ2n) is 5.78. The molecule has 2 aromatic carbocycles. The highest BCUT2D eigenvalue weighted by atomic mass is 35.5. The van der Waals surface area contributed by atoms with Crippen molar-refractivity contribution in [1.29, 1.82) is 0 Å². The number of ether oxygens (including phenoxy) is 1. The van der Waals surface area contributed by atoms with Crippen LogP contribution in [0.3, 0.4) is 0 Å². The first kappa shape index (κ1) is 21.4. The Bertz CT molecular complexity index is 989. The summed E-state index contributed by atoms with van der Waals surface area (Å²) >= 11 is 11.7. The number of ketones is 1. The van der Waals surface area contributed by atoms with Crippen molar-refractivity contribution in [3.63, 3.8) is 0 Å². The van der Waals surface area contributed by atoms with Gasteiger partial charge in [0.2, 0.25) is 15.8 Å². The largest absolute Gasteiger partial charge is 0.456 e. The van der Waals surface area contributed by atoms with Crippen LogP contribution in [0.1, 0.15) is 21.5 Å². The zero-order valence-electron chi connectivity index (χ0n) is 14.6. The number of benzene rings is 2. The molecule has 0 heterocycles. The van der Waals surface area contributed by atoms with Gasteiger partial charge < -0.3 is 4.74 Å². The molecule has 0 saturated carbocycles. The highest BCUT2D eigenvalue weighted by Crippen LogP contribution is 2.21. The van der Waals surface area contributed by atoms with Crippen molar-refractivity contribution >= 4 is 45.0 Å². The molecule has 2 rings (SSSR count). The number of hydrogen-bond donors (Lipinski definition) is 1. The molecular formula is C18H17Cl2NO5S. The first-order chi connectivity index (χ1) is 12.6. The minimum atomic E-state index is -3.87. The Morgan fingerprint density at radius 2 is 1.74 bits per heavy atom. The first-order valence-electron chi connectivity index (χ1n) is 7.81. The van der Waals surface area contributed by atoms with E-state index in [0.29, 0.717) is 5.02 Å². The lowest BCUT2D eigenvalue weighted by atomic mass is 10.1. The minimum absolute atomic E-state index is 0.0439. The van der Waals surface area contributed by atoms with Crippen molar-refractivity contribution in [2.24, 2.45) is 0 Å². The predicted octanol–water partition coefficient (Wildman–Crippen LogP) is 3.31. The minimum Gasteiger partial charge on any atom is -0.456 e. The van der Waals surface area contributed by atoms with Gasteiger partial charge >= 0.3 is 5.97 Å². The summed E-state index contributed by atoms with van der Waals surface area (Å²) in [6.07, 6.45) is 0. The van der Waals surface area contributed by atoms with Crippen molar-refractivity contribution in [3.8, 4) is 0 Å². The van der Waals surface area contributed by atoms with Crippen LogP contribution in [-0.2, 0) is 19.6 Å². The van der Waals surface area contributed by atoms with Crippen molar-refractivity contribution in [1.82, 2.24) is 4.72 Å². The molecule has 0 aliphatic heterocycles. The fourth-order valence-corrected chi connectivity index (χ4v) is 3.68. The van der Waals surface area contributed by atoms with Crippen molar-refractivity contribution in [2.75, 3.05) is 13.2 Å². The van der Waals surface area contributed by atoms with Gasteiger partial charge in [-0.05, 0) is 55.3 Å². The molecule has 144 valence electrons. The van der Waals surface area contributed by atoms with Crippen LogP contribution in [0.25, 0.3) is 0 Å². The second-order valence-corrected chi connectivity index (χ2v) is 8.39. The van der Waals surface area contributed by atoms with Crippen molar-refractivity contribution in [2.45, 2.75) is 18.7 Å². The molecular weight excluding hydrogens is 413 g/mol. The molecule has 0 amide bonds. The van der Waals surface area contributed by atoms with Crippen molar-refractivity contribution < 1.29 is 22.7 Å². The van der Waals surface area contributed by atoms with Crippen LogP contribution >= 0.6 is 23.2 Å². The molecule has 0 fully saturated rings. The number of carbonyl (C=O) groups is 2. The average molecular weight is 430 g/mol. The average Bonchev–Trinajstić information content (AvgIpc) is 2.60. The Balaban J connectivity index is 1.91. The Kier molecular flexibility index (Phi) is 7.00. The second kappa shape index (κ2) is 8.84. The maximum Gasteiger partial charge on any atom is 0.321 e. The zero-order valence-corrected chi connectivity index (χ0v) is 16.9. The molecule has 0 saturated heterocycles. The summed E-state index contributed by atoms with van der Waals surface area (Å²) in [4.78, 5) is 23.8. The number of Topliss-reactive ketones (excluding diaryl/α,β-unsaturated/α-hetero) is 1. The van der Waals surface area contributed by atoms with Crippen LogP contribution in [0.2, 0.25) is 10.0 Å². The summed E-state index contributed by atoms with van der Waals surface area (Å²) < 4.78 is 31.4. The molecule has 0 atom stereocenters. The fraction of sp³-hybridized carbons (Fsp3) is 0.222. The summed E-state index contributed by atoms with van der Waals surface area (Å²) in [6.45, 7) is 2.49. The number of esters is 1. The molecule has 0 bridgehead atoms. The standard InChI is InChI=1S/C18H17Cl2NO5S/c1-11-3-5-14(7-12(11)2)27(24,25)21-9-18(23)26-10-17(22)15-6-4-13(19)8-16(15)20/h3-8,21H,9-10H2,1-2H3. The van der Waals surface area contributed by atoms with Crippen LogP contribution < -0.4 is 4.72 Å². The highest BCUT2D eigenvalue weighted by Gasteiger charge is 2.18. The Labute approximate surface area is 167 Å². The molecule has 0 spiro atoms. The van der Waals surface area contributed by atoms with E-state index < -0.39 is 34.9 Å². The van der Waals surface area contributed by atoms with Crippen LogP contribution in [-0.4, -0.2) is 33.3 Å². The first-order valence-corrected chi connectivity index (χ1v) is 10.0. The summed E-state index contributed by atoms with van der Waals surface area (Å²) in [5, 5.41) is 0.508. The normalized spacial score (nSPS) is 11.3. The number of aryl methyl sites for hydroxylation is 2. The third-order valence-corrected chi connectivity index (χ3v) is 5.74. The number of carbonyl (C=O) groups excluding carboxylic acids is 2. The molecule has 0 aliphatic carbocycles. The van der Waals surface area contributed by atoms with Gasteiger partial charge in [0.15, 0.2) is 6.61 Å². The van der Waals surface area contributed by atoms with E-state index >= 15 is 0 Å². The molecule has 0 radical (unpaired) electrons. The number of halogens is 2. The van der Waals surface area contributed by atoms with Gasteiger partial charge in [0.05, 0.1) is 9.92 Å². The van der Waals surface area contributed by atoms with Gasteiger partial charge in [-0.25, -0.2) is 8.42 Å². The van der Waals surface area contributed by atoms with Gasteiger partial charge in [-0.3, -0.25) is 9.59 Å². The van der Waals surface area contributed by atoms with Crippen LogP contribution in [0, 0.1) is 13.8 Å². The summed E-state index contributed by atoms with van der Waals surface area (Å²) in [7, 11) is -3.87. The van der Waals surface area contributed by atoms with Crippen LogP contribution in [0.4, 0.5) is 0 Å². The van der Waals surface area contributed by atoms with E-state index in [1.807, 2.05) is 6.92 Å². The Morgan fingerprint density at radius 3 is 2.37 bits per heavy atom. The Hall–Kier alpha value is -1.93. The summed E-state index contributed by atoms with van der Waals surface area (Å²) in [6, 6.07) is 8.94. The van der Waals surface area contributed by atoms with Gasteiger partial charge in [0.25, 0.3) is 0 Å². The molecule has 0 aliphatic rings. The molecule has 27 heavy (non-hydrogen) atoms. The topological polar surface area (TPSA) is 89.5 Å². The van der Waals surface area contributed by atoms with Crippen LogP contribution in [0.15, 0.2) is 41.3 Å². The lowest BCUT2D eigenvalue weighted by Gasteiger charge is -2.09.